The van der Waals surface area contributed by atoms with Crippen molar-refractivity contribution in [2.24, 2.45) is 10.9 Å². The number of guanidine groups is 1. The summed E-state index contributed by atoms with van der Waals surface area (Å²) in [6, 6.07) is 14.6. The van der Waals surface area contributed by atoms with Gasteiger partial charge in [-0.2, -0.15) is 0 Å². The van der Waals surface area contributed by atoms with Crippen molar-refractivity contribution in [1.29, 1.82) is 0 Å². The van der Waals surface area contributed by atoms with Crippen LogP contribution in [0, 0.1) is 5.92 Å². The minimum Gasteiger partial charge on any atom is -0.468 e. The highest BCUT2D eigenvalue weighted by Crippen LogP contribution is 2.30. The summed E-state index contributed by atoms with van der Waals surface area (Å²) in [4.78, 5) is 38.4. The van der Waals surface area contributed by atoms with Gasteiger partial charge in [-0.3, -0.25) is 14.9 Å². The van der Waals surface area contributed by atoms with Gasteiger partial charge in [-0.05, 0) is 17.7 Å². The molecule has 0 radical (unpaired) electrons. The quantitative estimate of drug-likeness (QED) is 0.623. The number of esters is 1. The monoisotopic (exact) mass is 393 g/mol. The standard InChI is InChI=1S/C21H23N5O3/c1-29-20(28)17-18(15-7-3-2-4-8-15)23-21(24-19(17)27)26-13-11-25(12-14-26)16-9-5-6-10-22-16/h2-10,17-18H,11-14H2,1H3,(H,23,24,27)/t17-,18-/m1/s1. The Morgan fingerprint density at radius 1 is 1.03 bits per heavy atom. The second-order valence-corrected chi connectivity index (χ2v) is 6.96. The summed E-state index contributed by atoms with van der Waals surface area (Å²) in [7, 11) is 1.29. The number of hydrogen-bond acceptors (Lipinski definition) is 7. The molecule has 3 heterocycles. The molecule has 8 nitrogen and oxygen atoms in total. The molecule has 1 N–H and O–H groups in total. The number of anilines is 1. The van der Waals surface area contributed by atoms with Crippen molar-refractivity contribution in [2.75, 3.05) is 38.2 Å². The van der Waals surface area contributed by atoms with Gasteiger partial charge < -0.3 is 14.5 Å². The number of rotatable bonds is 3. The molecule has 0 unspecified atom stereocenters. The molecule has 0 aliphatic carbocycles. The summed E-state index contributed by atoms with van der Waals surface area (Å²) in [5.74, 6) is -0.526. The van der Waals surface area contributed by atoms with E-state index in [4.69, 9.17) is 9.73 Å². The minimum absolute atomic E-state index is 0.386. The number of benzene rings is 1. The first kappa shape index (κ1) is 18.9. The van der Waals surface area contributed by atoms with E-state index >= 15 is 0 Å². The molecule has 1 amide bonds. The van der Waals surface area contributed by atoms with Crippen LogP contribution in [0.4, 0.5) is 5.82 Å². The summed E-state index contributed by atoms with van der Waals surface area (Å²) in [5.41, 5.74) is 0.808. The summed E-state index contributed by atoms with van der Waals surface area (Å²) >= 11 is 0. The SMILES string of the molecule is COC(=O)[C@H]1C(=O)NC(N2CCN(c3ccccn3)CC2)=N[C@@H]1c1ccccc1. The largest absolute Gasteiger partial charge is 0.468 e. The third-order valence-corrected chi connectivity index (χ3v) is 5.24. The first-order chi connectivity index (χ1) is 14.2. The minimum atomic E-state index is -0.999. The Bertz CT molecular complexity index is 895. The van der Waals surface area contributed by atoms with Crippen LogP contribution < -0.4 is 10.2 Å². The Morgan fingerprint density at radius 3 is 2.38 bits per heavy atom. The zero-order valence-electron chi connectivity index (χ0n) is 16.2. The number of hydrogen-bond donors (Lipinski definition) is 1. The molecule has 2 atom stereocenters. The number of amides is 1. The lowest BCUT2D eigenvalue weighted by molar-refractivity contribution is -0.151. The van der Waals surface area contributed by atoms with Gasteiger partial charge in [0.25, 0.3) is 0 Å². The molecule has 1 aromatic carbocycles. The summed E-state index contributed by atoms with van der Waals surface area (Å²) < 4.78 is 4.86. The number of nitrogens with zero attached hydrogens (tertiary/aromatic N) is 4. The number of nitrogens with one attached hydrogen (secondary N) is 1. The van der Waals surface area contributed by atoms with Crippen LogP contribution in [0.25, 0.3) is 0 Å². The normalized spacial score (nSPS) is 22.0. The van der Waals surface area contributed by atoms with E-state index in [1.807, 2.05) is 53.4 Å². The van der Waals surface area contributed by atoms with E-state index in [2.05, 4.69) is 15.2 Å². The van der Waals surface area contributed by atoms with Gasteiger partial charge in [0.1, 0.15) is 11.9 Å². The predicted octanol–water partition coefficient (Wildman–Crippen LogP) is 1.22. The number of aromatic nitrogens is 1. The van der Waals surface area contributed by atoms with Gasteiger partial charge in [0.2, 0.25) is 11.9 Å². The van der Waals surface area contributed by atoms with Crippen LogP contribution in [-0.2, 0) is 14.3 Å². The molecule has 2 aliphatic heterocycles. The fraction of sp³-hybridized carbons (Fsp3) is 0.333. The molecule has 0 saturated carbocycles. The van der Waals surface area contributed by atoms with Gasteiger partial charge in [0.05, 0.1) is 7.11 Å². The molecule has 29 heavy (non-hydrogen) atoms. The third kappa shape index (κ3) is 3.91. The molecule has 1 aromatic heterocycles. The first-order valence-corrected chi connectivity index (χ1v) is 9.60. The molecule has 0 spiro atoms. The third-order valence-electron chi connectivity index (χ3n) is 5.24. The lowest BCUT2D eigenvalue weighted by atomic mass is 9.91. The summed E-state index contributed by atoms with van der Waals surface area (Å²) in [5, 5.41) is 2.81. The highest BCUT2D eigenvalue weighted by Gasteiger charge is 2.41. The van der Waals surface area contributed by atoms with E-state index in [-0.39, 0.29) is 5.91 Å². The molecule has 8 heteroatoms. The van der Waals surface area contributed by atoms with Gasteiger partial charge in [0.15, 0.2) is 5.92 Å². The van der Waals surface area contributed by atoms with E-state index < -0.39 is 17.9 Å². The number of carbonyl (C=O) groups excluding carboxylic acids is 2. The lowest BCUT2D eigenvalue weighted by Crippen LogP contribution is -2.57. The van der Waals surface area contributed by atoms with E-state index in [9.17, 15) is 9.59 Å². The highest BCUT2D eigenvalue weighted by molar-refractivity contribution is 6.08. The second kappa shape index (κ2) is 8.30. The summed E-state index contributed by atoms with van der Waals surface area (Å²) in [6.07, 6.45) is 1.78. The van der Waals surface area contributed by atoms with E-state index in [0.717, 1.165) is 24.5 Å². The van der Waals surface area contributed by atoms with E-state index in [1.165, 1.54) is 7.11 Å². The molecule has 2 aromatic rings. The topological polar surface area (TPSA) is 87.1 Å². The Labute approximate surface area is 169 Å². The van der Waals surface area contributed by atoms with Crippen LogP contribution in [0.1, 0.15) is 11.6 Å². The van der Waals surface area contributed by atoms with Crippen molar-refractivity contribution in [3.8, 4) is 0 Å². The zero-order valence-corrected chi connectivity index (χ0v) is 16.2. The molecule has 4 rings (SSSR count). The number of pyridine rings is 1. The number of aliphatic imine (C=N–C) groups is 1. The van der Waals surface area contributed by atoms with Crippen LogP contribution >= 0.6 is 0 Å². The number of ether oxygens (including phenoxy) is 1. The zero-order chi connectivity index (χ0) is 20.2. The molecular formula is C21H23N5O3. The Balaban J connectivity index is 1.55. The molecular weight excluding hydrogens is 370 g/mol. The molecule has 0 bridgehead atoms. The van der Waals surface area contributed by atoms with Gasteiger partial charge in [-0.25, -0.2) is 9.98 Å². The van der Waals surface area contributed by atoms with Crippen LogP contribution in [0.5, 0.6) is 0 Å². The fourth-order valence-corrected chi connectivity index (χ4v) is 3.70. The molecule has 2 aliphatic rings. The van der Waals surface area contributed by atoms with Crippen molar-refractivity contribution in [2.45, 2.75) is 6.04 Å². The Kier molecular flexibility index (Phi) is 5.41. The van der Waals surface area contributed by atoms with Gasteiger partial charge >= 0.3 is 5.97 Å². The predicted molar refractivity (Wildman–Crippen MR) is 108 cm³/mol. The number of piperazine rings is 1. The van der Waals surface area contributed by atoms with Crippen molar-refractivity contribution in [3.05, 3.63) is 60.3 Å². The Morgan fingerprint density at radius 2 is 1.72 bits per heavy atom. The number of methoxy groups -OCH3 is 1. The molecule has 1 saturated heterocycles. The Hall–Kier alpha value is -3.42. The van der Waals surface area contributed by atoms with Crippen molar-refractivity contribution in [3.63, 3.8) is 0 Å². The summed E-state index contributed by atoms with van der Waals surface area (Å²) in [6.45, 7) is 2.92. The average Bonchev–Trinajstić information content (AvgIpc) is 2.79. The maximum Gasteiger partial charge on any atom is 0.320 e. The van der Waals surface area contributed by atoms with Gasteiger partial charge in [-0.15, -0.1) is 0 Å². The molecule has 150 valence electrons. The van der Waals surface area contributed by atoms with Gasteiger partial charge in [0, 0.05) is 32.4 Å². The smallest absolute Gasteiger partial charge is 0.320 e. The van der Waals surface area contributed by atoms with Crippen molar-refractivity contribution >= 4 is 23.7 Å². The van der Waals surface area contributed by atoms with E-state index in [1.54, 1.807) is 6.20 Å². The maximum absolute atomic E-state index is 12.8. The van der Waals surface area contributed by atoms with Gasteiger partial charge in [-0.1, -0.05) is 36.4 Å². The van der Waals surface area contributed by atoms with Crippen molar-refractivity contribution < 1.29 is 14.3 Å². The highest BCUT2D eigenvalue weighted by atomic mass is 16.5. The van der Waals surface area contributed by atoms with Crippen LogP contribution in [0.3, 0.4) is 0 Å². The molecule has 1 fully saturated rings. The van der Waals surface area contributed by atoms with Crippen LogP contribution in [0.2, 0.25) is 0 Å². The first-order valence-electron chi connectivity index (χ1n) is 9.60. The lowest BCUT2D eigenvalue weighted by Gasteiger charge is -2.39. The van der Waals surface area contributed by atoms with E-state index in [0.29, 0.717) is 19.0 Å². The second-order valence-electron chi connectivity index (χ2n) is 6.96. The average molecular weight is 393 g/mol. The fourth-order valence-electron chi connectivity index (χ4n) is 3.70. The van der Waals surface area contributed by atoms with Crippen LogP contribution in [-0.4, -0.2) is 61.0 Å². The van der Waals surface area contributed by atoms with Crippen molar-refractivity contribution in [1.82, 2.24) is 15.2 Å². The van der Waals surface area contributed by atoms with Crippen LogP contribution in [0.15, 0.2) is 59.7 Å². The number of carbonyl (C=O) groups is 2. The maximum atomic E-state index is 12.8.